The van der Waals surface area contributed by atoms with E-state index < -0.39 is 0 Å². The minimum Gasteiger partial charge on any atom is -0.492 e. The fourth-order valence-corrected chi connectivity index (χ4v) is 2.96. The first-order valence-corrected chi connectivity index (χ1v) is 9.16. The second-order valence-corrected chi connectivity index (χ2v) is 7.92. The molecule has 2 rings (SSSR count). The molecule has 1 amide bonds. The summed E-state index contributed by atoms with van der Waals surface area (Å²) >= 11 is 0. The zero-order valence-corrected chi connectivity index (χ0v) is 16.3. The van der Waals surface area contributed by atoms with Gasteiger partial charge in [-0.15, -0.1) is 0 Å². The number of carbonyl (C=O) groups excluding carboxylic acids is 1. The summed E-state index contributed by atoms with van der Waals surface area (Å²) in [6, 6.07) is 5.66. The van der Waals surface area contributed by atoms with Crippen molar-refractivity contribution < 1.29 is 14.3 Å². The molecule has 0 bridgehead atoms. The van der Waals surface area contributed by atoms with Crippen molar-refractivity contribution in [2.45, 2.75) is 45.4 Å². The highest BCUT2D eigenvalue weighted by Crippen LogP contribution is 2.34. The van der Waals surface area contributed by atoms with Gasteiger partial charge in [0.05, 0.1) is 0 Å². The van der Waals surface area contributed by atoms with E-state index >= 15 is 0 Å². The van der Waals surface area contributed by atoms with Gasteiger partial charge in [0.2, 0.25) is 0 Å². The average Bonchev–Trinajstić information content (AvgIpc) is 2.55. The lowest BCUT2D eigenvalue weighted by atomic mass is 9.86. The molecule has 1 fully saturated rings. The van der Waals surface area contributed by atoms with Gasteiger partial charge in [-0.05, 0) is 43.0 Å². The minimum atomic E-state index is -0.386. The fraction of sp³-hybridized carbons (Fsp3) is 0.650. The summed E-state index contributed by atoms with van der Waals surface area (Å²) in [4.78, 5) is 15.6. The Labute approximate surface area is 151 Å². The van der Waals surface area contributed by atoms with E-state index in [9.17, 15) is 4.79 Å². The largest absolute Gasteiger partial charge is 0.492 e. The van der Waals surface area contributed by atoms with Gasteiger partial charge in [0.15, 0.2) is 0 Å². The van der Waals surface area contributed by atoms with Gasteiger partial charge in [-0.3, -0.25) is 4.90 Å². The molecule has 25 heavy (non-hydrogen) atoms. The Balaban J connectivity index is 2.07. The number of likely N-dealkylation sites (tertiary alicyclic amines) is 1. The van der Waals surface area contributed by atoms with E-state index in [-0.39, 0.29) is 11.5 Å². The fourth-order valence-electron chi connectivity index (χ4n) is 2.96. The smallest absolute Gasteiger partial charge is 0.414 e. The number of amides is 1. The van der Waals surface area contributed by atoms with Crippen LogP contribution in [0.3, 0.4) is 0 Å². The first-order valence-electron chi connectivity index (χ1n) is 9.16. The highest BCUT2D eigenvalue weighted by Gasteiger charge is 2.21. The van der Waals surface area contributed by atoms with Crippen molar-refractivity contribution in [2.24, 2.45) is 0 Å². The summed E-state index contributed by atoms with van der Waals surface area (Å²) in [5, 5.41) is 0. The topological polar surface area (TPSA) is 42.0 Å². The summed E-state index contributed by atoms with van der Waals surface area (Å²) in [6.45, 7) is 10.4. The Morgan fingerprint density at radius 2 is 1.84 bits per heavy atom. The Morgan fingerprint density at radius 3 is 2.44 bits per heavy atom. The van der Waals surface area contributed by atoms with E-state index in [1.807, 2.05) is 18.2 Å². The Bertz CT molecular complexity index is 573. The molecule has 0 aliphatic carbocycles. The molecule has 5 heteroatoms. The molecule has 1 heterocycles. The standard InChI is InChI=1S/C20H32N2O3/c1-20(2,3)17-10-9-16(25-19(23)21(4)5)15-18(17)24-14-13-22-11-7-6-8-12-22/h9-10,15H,6-8,11-14H2,1-5H3. The maximum Gasteiger partial charge on any atom is 0.414 e. The predicted molar refractivity (Wildman–Crippen MR) is 101 cm³/mol. The molecule has 0 atom stereocenters. The molecule has 0 N–H and O–H groups in total. The zero-order chi connectivity index (χ0) is 18.4. The lowest BCUT2D eigenvalue weighted by Gasteiger charge is -2.27. The van der Waals surface area contributed by atoms with Gasteiger partial charge in [-0.1, -0.05) is 33.3 Å². The van der Waals surface area contributed by atoms with Crippen LogP contribution in [0.15, 0.2) is 18.2 Å². The molecule has 1 aliphatic rings. The number of hydrogen-bond acceptors (Lipinski definition) is 4. The number of nitrogens with zero attached hydrogens (tertiary/aromatic N) is 2. The molecule has 0 unspecified atom stereocenters. The molecule has 0 radical (unpaired) electrons. The maximum absolute atomic E-state index is 11.8. The van der Waals surface area contributed by atoms with Gasteiger partial charge >= 0.3 is 6.09 Å². The van der Waals surface area contributed by atoms with Crippen LogP contribution in [-0.2, 0) is 5.41 Å². The van der Waals surface area contributed by atoms with E-state index in [4.69, 9.17) is 9.47 Å². The van der Waals surface area contributed by atoms with E-state index in [2.05, 4.69) is 25.7 Å². The molecule has 1 saturated heterocycles. The molecule has 0 aromatic heterocycles. The minimum absolute atomic E-state index is 0.0372. The second-order valence-electron chi connectivity index (χ2n) is 7.92. The summed E-state index contributed by atoms with van der Waals surface area (Å²) in [6.07, 6.45) is 3.51. The van der Waals surface area contributed by atoms with Crippen molar-refractivity contribution in [2.75, 3.05) is 40.3 Å². The van der Waals surface area contributed by atoms with Crippen LogP contribution >= 0.6 is 0 Å². The average molecular weight is 348 g/mol. The summed E-state index contributed by atoms with van der Waals surface area (Å²) in [7, 11) is 3.34. The lowest BCUT2D eigenvalue weighted by Crippen LogP contribution is -2.33. The quantitative estimate of drug-likeness (QED) is 0.809. The molecule has 1 aromatic rings. The van der Waals surface area contributed by atoms with E-state index in [1.165, 1.54) is 24.2 Å². The summed E-state index contributed by atoms with van der Waals surface area (Å²) < 4.78 is 11.5. The van der Waals surface area contributed by atoms with Gasteiger partial charge in [0.25, 0.3) is 0 Å². The predicted octanol–water partition coefficient (Wildman–Crippen LogP) is 3.91. The highest BCUT2D eigenvalue weighted by atomic mass is 16.6. The summed E-state index contributed by atoms with van der Waals surface area (Å²) in [5.74, 6) is 1.31. The lowest BCUT2D eigenvalue weighted by molar-refractivity contribution is 0.171. The number of hydrogen-bond donors (Lipinski definition) is 0. The number of carbonyl (C=O) groups is 1. The van der Waals surface area contributed by atoms with Gasteiger partial charge in [-0.2, -0.15) is 0 Å². The van der Waals surface area contributed by atoms with Crippen LogP contribution in [0.4, 0.5) is 4.79 Å². The first-order chi connectivity index (χ1) is 11.8. The van der Waals surface area contributed by atoms with Gasteiger partial charge < -0.3 is 14.4 Å². The number of ether oxygens (including phenoxy) is 2. The van der Waals surface area contributed by atoms with Crippen LogP contribution in [-0.4, -0.2) is 56.2 Å². The number of piperidine rings is 1. The summed E-state index contributed by atoms with van der Waals surface area (Å²) in [5.41, 5.74) is 1.08. The Hall–Kier alpha value is -1.75. The molecule has 0 saturated carbocycles. The molecule has 140 valence electrons. The van der Waals surface area contributed by atoms with E-state index in [0.29, 0.717) is 12.4 Å². The molecule has 1 aromatic carbocycles. The molecule has 1 aliphatic heterocycles. The third kappa shape index (κ3) is 5.92. The second kappa shape index (κ2) is 8.56. The Morgan fingerprint density at radius 1 is 1.16 bits per heavy atom. The third-order valence-corrected chi connectivity index (χ3v) is 4.45. The van der Waals surface area contributed by atoms with Crippen LogP contribution in [0.1, 0.15) is 45.6 Å². The van der Waals surface area contributed by atoms with Crippen molar-refractivity contribution in [1.82, 2.24) is 9.80 Å². The molecular weight excluding hydrogens is 316 g/mol. The SMILES string of the molecule is CN(C)C(=O)Oc1ccc(C(C)(C)C)c(OCCN2CCCCC2)c1. The number of benzene rings is 1. The van der Waals surface area contributed by atoms with Gasteiger partial charge in [0, 0.05) is 26.7 Å². The highest BCUT2D eigenvalue weighted by molar-refractivity contribution is 5.70. The third-order valence-electron chi connectivity index (χ3n) is 4.45. The monoisotopic (exact) mass is 348 g/mol. The van der Waals surface area contributed by atoms with Gasteiger partial charge in [-0.25, -0.2) is 4.79 Å². The number of rotatable bonds is 5. The van der Waals surface area contributed by atoms with E-state index in [0.717, 1.165) is 30.9 Å². The molecular formula is C20H32N2O3. The first kappa shape index (κ1) is 19.6. The van der Waals surface area contributed by atoms with Crippen LogP contribution in [0.25, 0.3) is 0 Å². The van der Waals surface area contributed by atoms with Gasteiger partial charge in [0.1, 0.15) is 18.1 Å². The Kier molecular flexibility index (Phi) is 6.71. The normalized spacial score (nSPS) is 15.7. The molecule has 0 spiro atoms. The van der Waals surface area contributed by atoms with Crippen molar-refractivity contribution in [1.29, 1.82) is 0 Å². The van der Waals surface area contributed by atoms with Crippen LogP contribution < -0.4 is 9.47 Å². The molecule has 5 nitrogen and oxygen atoms in total. The van der Waals surface area contributed by atoms with Crippen molar-refractivity contribution in [3.05, 3.63) is 23.8 Å². The zero-order valence-electron chi connectivity index (χ0n) is 16.3. The van der Waals surface area contributed by atoms with Crippen LogP contribution in [0.5, 0.6) is 11.5 Å². The van der Waals surface area contributed by atoms with Crippen molar-refractivity contribution in [3.63, 3.8) is 0 Å². The van der Waals surface area contributed by atoms with Crippen molar-refractivity contribution in [3.8, 4) is 11.5 Å². The van der Waals surface area contributed by atoms with Crippen molar-refractivity contribution >= 4 is 6.09 Å². The van der Waals surface area contributed by atoms with Crippen LogP contribution in [0, 0.1) is 0 Å². The van der Waals surface area contributed by atoms with Crippen LogP contribution in [0.2, 0.25) is 0 Å². The van der Waals surface area contributed by atoms with E-state index in [1.54, 1.807) is 14.1 Å². The maximum atomic E-state index is 11.8.